The number of unbranched alkanes of at least 4 members (excludes halogenated alkanes) is 8. The quantitative estimate of drug-likeness (QED) is 0.0508. The Morgan fingerprint density at radius 2 is 1.49 bits per heavy atom. The molecule has 0 amide bonds. The normalized spacial score (nSPS) is 11.0. The smallest absolute Gasteiger partial charge is 0.333 e. The van der Waals surface area contributed by atoms with Crippen molar-refractivity contribution in [2.45, 2.75) is 71.3 Å². The minimum absolute atomic E-state index is 0.0441. The number of nitrogens with zero attached hydrogens (tertiary/aromatic N) is 4. The van der Waals surface area contributed by atoms with Crippen molar-refractivity contribution >= 4 is 23.0 Å². The third kappa shape index (κ3) is 12.3. The van der Waals surface area contributed by atoms with E-state index in [2.05, 4.69) is 53.0 Å². The molecule has 0 unspecified atom stereocenters. The van der Waals surface area contributed by atoms with Gasteiger partial charge >= 0.3 is 5.97 Å². The molecule has 2 rings (SSSR count). The SMILES string of the molecule is C=C(C)C(=O)OCCCCCCCCCCCN(C)c1ccc(CN=Nc2ccc([N+](=O)[O-])cc2)cc1. The van der Waals surface area contributed by atoms with Crippen LogP contribution < -0.4 is 4.90 Å². The fourth-order valence-electron chi connectivity index (χ4n) is 3.80. The average molecular weight is 509 g/mol. The van der Waals surface area contributed by atoms with Crippen LogP contribution in [0.1, 0.15) is 70.3 Å². The molecule has 8 nitrogen and oxygen atoms in total. The van der Waals surface area contributed by atoms with E-state index in [4.69, 9.17) is 4.74 Å². The largest absolute Gasteiger partial charge is 0.462 e. The molecule has 0 aliphatic carbocycles. The fraction of sp³-hybridized carbons (Fsp3) is 0.483. The van der Waals surface area contributed by atoms with E-state index in [0.717, 1.165) is 24.9 Å². The predicted molar refractivity (Wildman–Crippen MR) is 148 cm³/mol. The van der Waals surface area contributed by atoms with Gasteiger partial charge in [0.1, 0.15) is 0 Å². The number of rotatable bonds is 18. The lowest BCUT2D eigenvalue weighted by Gasteiger charge is -2.19. The highest BCUT2D eigenvalue weighted by molar-refractivity contribution is 5.86. The highest BCUT2D eigenvalue weighted by Gasteiger charge is 2.04. The summed E-state index contributed by atoms with van der Waals surface area (Å²) < 4.78 is 5.11. The topological polar surface area (TPSA) is 97.4 Å². The molecule has 0 heterocycles. The number of non-ortho nitro benzene ring substituents is 1. The van der Waals surface area contributed by atoms with Gasteiger partial charge in [-0.1, -0.05) is 63.7 Å². The number of hydrogen-bond acceptors (Lipinski definition) is 7. The van der Waals surface area contributed by atoms with Gasteiger partial charge in [0.2, 0.25) is 0 Å². The summed E-state index contributed by atoms with van der Waals surface area (Å²) in [4.78, 5) is 23.8. The second kappa shape index (κ2) is 17.0. The predicted octanol–water partition coefficient (Wildman–Crippen LogP) is 7.95. The van der Waals surface area contributed by atoms with Crippen molar-refractivity contribution in [2.24, 2.45) is 10.2 Å². The lowest BCUT2D eigenvalue weighted by molar-refractivity contribution is -0.384. The number of hydrogen-bond donors (Lipinski definition) is 0. The highest BCUT2D eigenvalue weighted by Crippen LogP contribution is 2.20. The van der Waals surface area contributed by atoms with E-state index < -0.39 is 4.92 Å². The molecule has 2 aromatic carbocycles. The zero-order valence-electron chi connectivity index (χ0n) is 22.2. The zero-order valence-corrected chi connectivity index (χ0v) is 22.2. The van der Waals surface area contributed by atoms with E-state index in [0.29, 0.717) is 24.4 Å². The number of esters is 1. The third-order valence-electron chi connectivity index (χ3n) is 6.10. The number of benzene rings is 2. The summed E-state index contributed by atoms with van der Waals surface area (Å²) in [7, 11) is 2.12. The van der Waals surface area contributed by atoms with Crippen molar-refractivity contribution < 1.29 is 14.5 Å². The van der Waals surface area contributed by atoms with E-state index in [9.17, 15) is 14.9 Å². The number of nitro benzene ring substituents is 1. The van der Waals surface area contributed by atoms with Gasteiger partial charge in [0, 0.05) is 37.0 Å². The molecule has 0 aliphatic rings. The standard InChI is InChI=1S/C29H40N4O4/c1-24(2)29(34)37-22-12-10-8-6-4-5-7-9-11-21-32(3)27-17-13-25(14-18-27)23-30-31-26-15-19-28(20-16-26)33(35)36/h13-20H,1,4-12,21-23H2,2-3H3. The summed E-state index contributed by atoms with van der Waals surface area (Å²) in [5, 5.41) is 19.0. The maximum Gasteiger partial charge on any atom is 0.333 e. The zero-order chi connectivity index (χ0) is 26.9. The van der Waals surface area contributed by atoms with E-state index in [1.165, 1.54) is 62.8 Å². The maximum absolute atomic E-state index is 11.3. The van der Waals surface area contributed by atoms with Crippen LogP contribution in [0.5, 0.6) is 0 Å². The first-order chi connectivity index (χ1) is 17.9. The molecule has 2 aromatic rings. The Hall–Kier alpha value is -3.55. The molecule has 0 aromatic heterocycles. The summed E-state index contributed by atoms with van der Waals surface area (Å²) in [5.74, 6) is -0.288. The number of carbonyl (C=O) groups excluding carboxylic acids is 1. The van der Waals surface area contributed by atoms with Crippen LogP contribution in [0.4, 0.5) is 17.1 Å². The van der Waals surface area contributed by atoms with Crippen molar-refractivity contribution in [3.8, 4) is 0 Å². The van der Waals surface area contributed by atoms with Gasteiger partial charge in [-0.3, -0.25) is 10.1 Å². The van der Waals surface area contributed by atoms with Crippen molar-refractivity contribution in [1.29, 1.82) is 0 Å². The molecule has 37 heavy (non-hydrogen) atoms. The fourth-order valence-corrected chi connectivity index (χ4v) is 3.80. The Labute approximate surface area is 220 Å². The van der Waals surface area contributed by atoms with Crippen molar-refractivity contribution in [2.75, 3.05) is 25.1 Å². The Morgan fingerprint density at radius 1 is 0.919 bits per heavy atom. The summed E-state index contributed by atoms with van der Waals surface area (Å²) in [6, 6.07) is 14.4. The number of ether oxygens (including phenoxy) is 1. The second-order valence-corrected chi connectivity index (χ2v) is 9.36. The number of azo groups is 1. The van der Waals surface area contributed by atoms with Crippen LogP contribution in [0.15, 0.2) is 70.9 Å². The van der Waals surface area contributed by atoms with Crippen LogP contribution in [0, 0.1) is 10.1 Å². The third-order valence-corrected chi connectivity index (χ3v) is 6.10. The summed E-state index contributed by atoms with van der Waals surface area (Å²) >= 11 is 0. The summed E-state index contributed by atoms with van der Waals surface area (Å²) in [5.41, 5.74) is 3.35. The van der Waals surface area contributed by atoms with E-state index >= 15 is 0 Å². The first-order valence-corrected chi connectivity index (χ1v) is 13.1. The van der Waals surface area contributed by atoms with Gasteiger partial charge in [0.15, 0.2) is 0 Å². The van der Waals surface area contributed by atoms with Gasteiger partial charge < -0.3 is 9.64 Å². The molecule has 0 radical (unpaired) electrons. The Kier molecular flexibility index (Phi) is 13.6. The van der Waals surface area contributed by atoms with Gasteiger partial charge in [-0.05, 0) is 49.6 Å². The number of anilines is 1. The van der Waals surface area contributed by atoms with Crippen molar-refractivity contribution in [3.63, 3.8) is 0 Å². The van der Waals surface area contributed by atoms with E-state index in [-0.39, 0.29) is 11.7 Å². The average Bonchev–Trinajstić information content (AvgIpc) is 2.89. The molecule has 0 aliphatic heterocycles. The van der Waals surface area contributed by atoms with Gasteiger partial charge in [-0.15, -0.1) is 0 Å². The van der Waals surface area contributed by atoms with Crippen LogP contribution in [-0.4, -0.2) is 31.1 Å². The van der Waals surface area contributed by atoms with Crippen LogP contribution >= 0.6 is 0 Å². The number of carbonyl (C=O) groups is 1. The Bertz CT molecular complexity index is 1000. The molecule has 0 spiro atoms. The molecule has 0 saturated heterocycles. The van der Waals surface area contributed by atoms with Gasteiger partial charge in [0.25, 0.3) is 5.69 Å². The van der Waals surface area contributed by atoms with E-state index in [1.807, 2.05) is 0 Å². The summed E-state index contributed by atoms with van der Waals surface area (Å²) in [6.07, 6.45) is 10.7. The monoisotopic (exact) mass is 508 g/mol. The molecule has 8 heteroatoms. The molecule has 0 saturated carbocycles. The van der Waals surface area contributed by atoms with Crippen molar-refractivity contribution in [3.05, 3.63) is 76.4 Å². The van der Waals surface area contributed by atoms with Gasteiger partial charge in [-0.25, -0.2) is 4.79 Å². The lowest BCUT2D eigenvalue weighted by atomic mass is 10.1. The summed E-state index contributed by atoms with van der Waals surface area (Å²) in [6.45, 7) is 7.24. The molecule has 0 atom stereocenters. The molecular weight excluding hydrogens is 468 g/mol. The molecule has 0 N–H and O–H groups in total. The maximum atomic E-state index is 11.3. The lowest BCUT2D eigenvalue weighted by Crippen LogP contribution is -2.18. The van der Waals surface area contributed by atoms with Crippen LogP contribution in [0.3, 0.4) is 0 Å². The highest BCUT2D eigenvalue weighted by atomic mass is 16.6. The second-order valence-electron chi connectivity index (χ2n) is 9.36. The van der Waals surface area contributed by atoms with Crippen LogP contribution in [0.25, 0.3) is 0 Å². The molecular formula is C29H40N4O4. The molecule has 0 fully saturated rings. The van der Waals surface area contributed by atoms with E-state index in [1.54, 1.807) is 19.1 Å². The number of nitro groups is 1. The van der Waals surface area contributed by atoms with Crippen LogP contribution in [-0.2, 0) is 16.1 Å². The molecule has 200 valence electrons. The van der Waals surface area contributed by atoms with Crippen molar-refractivity contribution in [1.82, 2.24) is 0 Å². The Balaban J connectivity index is 1.52. The van der Waals surface area contributed by atoms with Gasteiger partial charge in [0.05, 0.1) is 23.8 Å². The molecule has 0 bridgehead atoms. The Morgan fingerprint density at radius 3 is 2.05 bits per heavy atom. The minimum atomic E-state index is -0.430. The first-order valence-electron chi connectivity index (χ1n) is 13.1. The van der Waals surface area contributed by atoms with Crippen LogP contribution in [0.2, 0.25) is 0 Å². The van der Waals surface area contributed by atoms with Gasteiger partial charge in [-0.2, -0.15) is 10.2 Å². The minimum Gasteiger partial charge on any atom is -0.462 e. The first kappa shape index (κ1) is 29.7.